The van der Waals surface area contributed by atoms with Crippen molar-refractivity contribution in [3.63, 3.8) is 0 Å². The van der Waals surface area contributed by atoms with Gasteiger partial charge in [0.25, 0.3) is 5.91 Å². The maximum absolute atomic E-state index is 13.2. The number of hydrogen-bond acceptors (Lipinski definition) is 5. The molecule has 1 aliphatic carbocycles. The Kier molecular flexibility index (Phi) is 6.41. The third-order valence-electron chi connectivity index (χ3n) is 6.64. The molecular formula is C20H30ClN3O3. The molecule has 4 rings (SSSR count). The lowest BCUT2D eigenvalue weighted by Crippen LogP contribution is -2.52. The zero-order chi connectivity index (χ0) is 18.1. The molecule has 3 aliphatic rings. The molecule has 0 spiro atoms. The molecule has 1 amide bonds. The zero-order valence-electron chi connectivity index (χ0n) is 15.9. The van der Waals surface area contributed by atoms with Crippen LogP contribution in [0, 0.1) is 0 Å². The summed E-state index contributed by atoms with van der Waals surface area (Å²) in [7, 11) is 1.73. The number of ether oxygens (including phenoxy) is 1. The number of hydrogen-bond donors (Lipinski definition) is 2. The van der Waals surface area contributed by atoms with E-state index in [1.165, 1.54) is 5.56 Å². The number of aliphatic hydroxyl groups excluding tert-OH is 1. The van der Waals surface area contributed by atoms with E-state index in [4.69, 9.17) is 4.74 Å². The number of likely N-dealkylation sites (tertiary alicyclic amines) is 1. The number of carbonyl (C=O) groups is 1. The fraction of sp³-hybridized carbons (Fsp3) is 0.700. The molecule has 3 fully saturated rings. The van der Waals surface area contributed by atoms with Crippen LogP contribution in [0.3, 0.4) is 0 Å². The van der Waals surface area contributed by atoms with Crippen LogP contribution in [0.4, 0.5) is 0 Å². The van der Waals surface area contributed by atoms with Crippen molar-refractivity contribution >= 4 is 18.3 Å². The smallest absolute Gasteiger partial charge is 0.272 e. The van der Waals surface area contributed by atoms with Crippen molar-refractivity contribution in [2.24, 2.45) is 0 Å². The number of fused-ring (bicyclic) bond motifs is 1. The number of carbonyl (C=O) groups excluding carboxylic acids is 1. The minimum atomic E-state index is -0.356. The number of rotatable bonds is 3. The van der Waals surface area contributed by atoms with Crippen LogP contribution < -0.4 is 5.32 Å². The fourth-order valence-electron chi connectivity index (χ4n) is 5.04. The topological polar surface area (TPSA) is 74.7 Å². The molecule has 2 saturated heterocycles. The van der Waals surface area contributed by atoms with E-state index in [0.717, 1.165) is 45.2 Å². The van der Waals surface area contributed by atoms with Gasteiger partial charge in [-0.05, 0) is 75.2 Å². The second-order valence-electron chi connectivity index (χ2n) is 7.96. The number of pyridine rings is 1. The number of aromatic nitrogens is 1. The lowest BCUT2D eigenvalue weighted by Gasteiger charge is -2.42. The van der Waals surface area contributed by atoms with E-state index in [1.54, 1.807) is 13.3 Å². The number of piperidine rings is 1. The molecule has 3 heterocycles. The molecule has 6 nitrogen and oxygen atoms in total. The first-order valence-corrected chi connectivity index (χ1v) is 9.84. The van der Waals surface area contributed by atoms with Crippen molar-refractivity contribution in [1.29, 1.82) is 0 Å². The summed E-state index contributed by atoms with van der Waals surface area (Å²) in [5.74, 6) is 0.470. The Morgan fingerprint density at radius 2 is 2.11 bits per heavy atom. The summed E-state index contributed by atoms with van der Waals surface area (Å²) >= 11 is 0. The quantitative estimate of drug-likeness (QED) is 0.819. The van der Waals surface area contributed by atoms with Gasteiger partial charge in [-0.25, -0.2) is 0 Å². The third-order valence-corrected chi connectivity index (χ3v) is 6.64. The van der Waals surface area contributed by atoms with Crippen molar-refractivity contribution in [3.8, 4) is 0 Å². The van der Waals surface area contributed by atoms with Gasteiger partial charge in [0.2, 0.25) is 0 Å². The summed E-state index contributed by atoms with van der Waals surface area (Å²) in [6, 6.07) is 3.96. The monoisotopic (exact) mass is 395 g/mol. The molecule has 1 saturated carbocycles. The molecule has 0 unspecified atom stereocenters. The minimum Gasteiger partial charge on any atom is -0.393 e. The molecule has 0 aromatic carbocycles. The average Bonchev–Trinajstić information content (AvgIpc) is 3.07. The number of aliphatic hydroxyl groups is 1. The Balaban J connectivity index is 0.00000210. The van der Waals surface area contributed by atoms with Crippen molar-refractivity contribution in [2.45, 2.75) is 62.2 Å². The number of nitrogens with one attached hydrogen (secondary N) is 1. The SMILES string of the molecule is CO[C@@]12CC[C@H](O)C[C@@H]1N(C(=O)c1cc(C3CCNCC3)ccn1)CC2.Cl. The van der Waals surface area contributed by atoms with Crippen molar-refractivity contribution < 1.29 is 14.6 Å². The summed E-state index contributed by atoms with van der Waals surface area (Å²) in [6.45, 7) is 2.72. The van der Waals surface area contributed by atoms with Crippen LogP contribution in [0.25, 0.3) is 0 Å². The molecular weight excluding hydrogens is 366 g/mol. The Labute approximate surface area is 167 Å². The van der Waals surface area contributed by atoms with Crippen molar-refractivity contribution in [1.82, 2.24) is 15.2 Å². The van der Waals surface area contributed by atoms with E-state index in [-0.39, 0.29) is 36.1 Å². The Bertz CT molecular complexity index is 668. The molecule has 1 aromatic rings. The summed E-state index contributed by atoms with van der Waals surface area (Å²) < 4.78 is 5.85. The molecule has 2 aliphatic heterocycles. The Morgan fingerprint density at radius 1 is 1.33 bits per heavy atom. The molecule has 2 N–H and O–H groups in total. The second kappa shape index (κ2) is 8.43. The predicted octanol–water partition coefficient (Wildman–Crippen LogP) is 2.11. The van der Waals surface area contributed by atoms with E-state index in [2.05, 4.69) is 10.3 Å². The van der Waals surface area contributed by atoms with Gasteiger partial charge >= 0.3 is 0 Å². The average molecular weight is 396 g/mol. The molecule has 7 heteroatoms. The van der Waals surface area contributed by atoms with Crippen LogP contribution in [-0.4, -0.2) is 65.4 Å². The van der Waals surface area contributed by atoms with Gasteiger partial charge in [0.15, 0.2) is 0 Å². The number of amides is 1. The van der Waals surface area contributed by atoms with Gasteiger partial charge in [0.1, 0.15) is 5.69 Å². The van der Waals surface area contributed by atoms with Crippen molar-refractivity contribution in [2.75, 3.05) is 26.7 Å². The van der Waals surface area contributed by atoms with Gasteiger partial charge in [-0.1, -0.05) is 0 Å². The second-order valence-corrected chi connectivity index (χ2v) is 7.96. The first-order valence-electron chi connectivity index (χ1n) is 9.84. The lowest BCUT2D eigenvalue weighted by molar-refractivity contribution is -0.0824. The Hall–Kier alpha value is -1.21. The Morgan fingerprint density at radius 3 is 2.85 bits per heavy atom. The van der Waals surface area contributed by atoms with E-state index in [1.807, 2.05) is 17.0 Å². The highest BCUT2D eigenvalue weighted by Crippen LogP contribution is 2.43. The zero-order valence-corrected chi connectivity index (χ0v) is 16.7. The van der Waals surface area contributed by atoms with Gasteiger partial charge in [0.05, 0.1) is 17.7 Å². The molecule has 1 aromatic heterocycles. The van der Waals surface area contributed by atoms with E-state index < -0.39 is 0 Å². The highest BCUT2D eigenvalue weighted by molar-refractivity contribution is 5.93. The molecule has 0 bridgehead atoms. The third kappa shape index (κ3) is 3.86. The van der Waals surface area contributed by atoms with Crippen LogP contribution in [0.5, 0.6) is 0 Å². The van der Waals surface area contributed by atoms with E-state index in [0.29, 0.717) is 24.6 Å². The van der Waals surface area contributed by atoms with E-state index >= 15 is 0 Å². The van der Waals surface area contributed by atoms with Crippen LogP contribution in [0.1, 0.15) is 60.5 Å². The summed E-state index contributed by atoms with van der Waals surface area (Å²) in [5.41, 5.74) is 1.43. The van der Waals surface area contributed by atoms with Gasteiger partial charge in [-0.2, -0.15) is 0 Å². The van der Waals surface area contributed by atoms with Gasteiger partial charge in [0, 0.05) is 19.9 Å². The summed E-state index contributed by atoms with van der Waals surface area (Å²) in [5, 5.41) is 13.5. The van der Waals surface area contributed by atoms with Crippen LogP contribution in [0.2, 0.25) is 0 Å². The summed E-state index contributed by atoms with van der Waals surface area (Å²) in [6.07, 6.45) is 6.59. The first-order chi connectivity index (χ1) is 12.6. The summed E-state index contributed by atoms with van der Waals surface area (Å²) in [4.78, 5) is 19.5. The number of methoxy groups -OCH3 is 1. The normalized spacial score (nSPS) is 31.3. The standard InChI is InChI=1S/C20H29N3O3.ClH/c1-26-20-6-2-16(24)13-18(20)23(11-7-20)19(25)17-12-15(5-10-22-17)14-3-8-21-9-4-14;/h5,10,12,14,16,18,21,24H,2-4,6-9,11,13H2,1H3;1H/t16-,18-,20+;/m0./s1. The van der Waals surface area contributed by atoms with E-state index in [9.17, 15) is 9.90 Å². The van der Waals surface area contributed by atoms with Crippen molar-refractivity contribution in [3.05, 3.63) is 29.6 Å². The molecule has 27 heavy (non-hydrogen) atoms. The maximum Gasteiger partial charge on any atom is 0.272 e. The number of halogens is 1. The first kappa shape index (κ1) is 20.5. The molecule has 150 valence electrons. The lowest BCUT2D eigenvalue weighted by atomic mass is 9.79. The minimum absolute atomic E-state index is 0. The number of nitrogens with zero attached hydrogens (tertiary/aromatic N) is 2. The largest absolute Gasteiger partial charge is 0.393 e. The molecule has 0 radical (unpaired) electrons. The highest BCUT2D eigenvalue weighted by Gasteiger charge is 2.52. The fourth-order valence-corrected chi connectivity index (χ4v) is 5.04. The van der Waals surface area contributed by atoms with Crippen LogP contribution in [-0.2, 0) is 4.74 Å². The van der Waals surface area contributed by atoms with Crippen LogP contribution >= 0.6 is 12.4 Å². The van der Waals surface area contributed by atoms with Crippen LogP contribution in [0.15, 0.2) is 18.3 Å². The highest BCUT2D eigenvalue weighted by atomic mass is 35.5. The maximum atomic E-state index is 13.2. The van der Waals surface area contributed by atoms with Gasteiger partial charge in [-0.15, -0.1) is 12.4 Å². The van der Waals surface area contributed by atoms with Gasteiger partial charge < -0.3 is 20.1 Å². The van der Waals surface area contributed by atoms with Gasteiger partial charge in [-0.3, -0.25) is 9.78 Å². The predicted molar refractivity (Wildman–Crippen MR) is 105 cm³/mol. The molecule has 3 atom stereocenters.